The molecule has 0 fully saturated rings. The Kier molecular flexibility index (Phi) is 7.53. The number of nitrogens with zero attached hydrogens (tertiary/aromatic N) is 1. The van der Waals surface area contributed by atoms with Crippen molar-refractivity contribution in [1.82, 2.24) is 0 Å². The molecular formula is C54H35NO. The zero-order valence-corrected chi connectivity index (χ0v) is 30.6. The predicted octanol–water partition coefficient (Wildman–Crippen LogP) is 15.5. The maximum absolute atomic E-state index is 6.24. The first-order valence-corrected chi connectivity index (χ1v) is 19.2. The van der Waals surface area contributed by atoms with Gasteiger partial charge in [-0.2, -0.15) is 0 Å². The molecule has 0 bridgehead atoms. The lowest BCUT2D eigenvalue weighted by molar-refractivity contribution is 0.669. The van der Waals surface area contributed by atoms with Gasteiger partial charge in [0.25, 0.3) is 0 Å². The average Bonchev–Trinajstić information content (AvgIpc) is 3.66. The van der Waals surface area contributed by atoms with Crippen LogP contribution < -0.4 is 4.90 Å². The highest BCUT2D eigenvalue weighted by molar-refractivity contribution is 6.21. The second kappa shape index (κ2) is 13.2. The fourth-order valence-corrected chi connectivity index (χ4v) is 8.66. The van der Waals surface area contributed by atoms with Gasteiger partial charge >= 0.3 is 0 Å². The molecule has 56 heavy (non-hydrogen) atoms. The molecule has 0 spiro atoms. The van der Waals surface area contributed by atoms with E-state index in [1.54, 1.807) is 0 Å². The number of hydrogen-bond acceptors (Lipinski definition) is 2. The molecule has 0 N–H and O–H groups in total. The minimum Gasteiger partial charge on any atom is -0.456 e. The molecule has 0 aliphatic carbocycles. The second-order valence-electron chi connectivity index (χ2n) is 14.4. The van der Waals surface area contributed by atoms with Crippen LogP contribution in [-0.4, -0.2) is 0 Å². The lowest BCUT2D eigenvalue weighted by Crippen LogP contribution is -2.11. The smallest absolute Gasteiger partial charge is 0.136 e. The van der Waals surface area contributed by atoms with Gasteiger partial charge in [-0.15, -0.1) is 0 Å². The van der Waals surface area contributed by atoms with Gasteiger partial charge in [0.05, 0.1) is 5.69 Å². The van der Waals surface area contributed by atoms with Crippen LogP contribution >= 0.6 is 0 Å². The standard InChI is InChI=1S/C54H35NO/c1-2-13-36(14-3-1)44-17-8-10-23-51(44)55(41-31-27-38(28-32-41)50-35-39-15-4-5-16-43(39)45-18-6-7-19-46(45)50)40-29-25-37(26-30-40)42-21-12-22-48-47(42)33-34-53-54(48)49-20-9-11-24-52(49)56-53/h1-35H. The third-order valence-electron chi connectivity index (χ3n) is 11.3. The van der Waals surface area contributed by atoms with Crippen LogP contribution in [-0.2, 0) is 0 Å². The summed E-state index contributed by atoms with van der Waals surface area (Å²) in [6, 6.07) is 76.5. The highest BCUT2D eigenvalue weighted by atomic mass is 16.3. The molecule has 2 nitrogen and oxygen atoms in total. The van der Waals surface area contributed by atoms with Crippen molar-refractivity contribution < 1.29 is 4.42 Å². The van der Waals surface area contributed by atoms with E-state index in [0.29, 0.717) is 0 Å². The van der Waals surface area contributed by atoms with E-state index in [4.69, 9.17) is 4.42 Å². The van der Waals surface area contributed by atoms with Crippen LogP contribution in [0.3, 0.4) is 0 Å². The van der Waals surface area contributed by atoms with E-state index in [9.17, 15) is 0 Å². The highest BCUT2D eigenvalue weighted by Gasteiger charge is 2.19. The lowest BCUT2D eigenvalue weighted by Gasteiger charge is -2.28. The van der Waals surface area contributed by atoms with Crippen LogP contribution in [0.4, 0.5) is 17.1 Å². The molecule has 10 aromatic carbocycles. The number of fused-ring (bicyclic) bond motifs is 8. The van der Waals surface area contributed by atoms with Gasteiger partial charge in [0.15, 0.2) is 0 Å². The normalized spacial score (nSPS) is 11.6. The number of rotatable bonds is 6. The molecule has 0 aliphatic heterocycles. The SMILES string of the molecule is c1ccc(-c2ccccc2N(c2ccc(-c3cc4ccccc4c4ccccc34)cc2)c2ccc(-c3cccc4c3ccc3oc5ccccc5c34)cc2)cc1. The largest absolute Gasteiger partial charge is 0.456 e. The Morgan fingerprint density at radius 1 is 0.304 bits per heavy atom. The summed E-state index contributed by atoms with van der Waals surface area (Å²) in [7, 11) is 0. The minimum atomic E-state index is 0.916. The summed E-state index contributed by atoms with van der Waals surface area (Å²) >= 11 is 0. The van der Waals surface area contributed by atoms with Gasteiger partial charge in [-0.25, -0.2) is 0 Å². The molecule has 1 heterocycles. The first-order valence-electron chi connectivity index (χ1n) is 19.2. The number of furan rings is 1. The number of anilines is 3. The molecule has 11 rings (SSSR count). The second-order valence-corrected chi connectivity index (χ2v) is 14.4. The first-order chi connectivity index (χ1) is 27.8. The molecule has 262 valence electrons. The number of para-hydroxylation sites is 2. The molecule has 0 amide bonds. The topological polar surface area (TPSA) is 16.4 Å². The van der Waals surface area contributed by atoms with Gasteiger partial charge in [0.1, 0.15) is 11.2 Å². The summed E-state index contributed by atoms with van der Waals surface area (Å²) < 4.78 is 6.24. The van der Waals surface area contributed by atoms with Gasteiger partial charge in [0, 0.05) is 27.7 Å². The zero-order chi connectivity index (χ0) is 37.0. The Morgan fingerprint density at radius 3 is 1.64 bits per heavy atom. The molecule has 1 aromatic heterocycles. The van der Waals surface area contributed by atoms with Crippen molar-refractivity contribution in [3.63, 3.8) is 0 Å². The Labute approximate surface area is 325 Å². The van der Waals surface area contributed by atoms with E-state index in [0.717, 1.165) is 33.6 Å². The summed E-state index contributed by atoms with van der Waals surface area (Å²) in [5.74, 6) is 0. The van der Waals surface area contributed by atoms with Gasteiger partial charge < -0.3 is 9.32 Å². The fourth-order valence-electron chi connectivity index (χ4n) is 8.66. The van der Waals surface area contributed by atoms with Crippen LogP contribution in [0, 0.1) is 0 Å². The van der Waals surface area contributed by atoms with E-state index in [1.807, 2.05) is 12.1 Å². The highest BCUT2D eigenvalue weighted by Crippen LogP contribution is 2.44. The first kappa shape index (κ1) is 32.0. The maximum Gasteiger partial charge on any atom is 0.136 e. The summed E-state index contributed by atoms with van der Waals surface area (Å²) in [4.78, 5) is 2.39. The Bertz CT molecular complexity index is 3230. The Hall–Kier alpha value is -7.42. The van der Waals surface area contributed by atoms with Gasteiger partial charge in [0.2, 0.25) is 0 Å². The molecule has 0 aliphatic rings. The van der Waals surface area contributed by atoms with E-state index in [-0.39, 0.29) is 0 Å². The van der Waals surface area contributed by atoms with Crippen molar-refractivity contribution in [3.05, 3.63) is 212 Å². The van der Waals surface area contributed by atoms with Crippen LogP contribution in [0.2, 0.25) is 0 Å². The molecule has 0 saturated heterocycles. The van der Waals surface area contributed by atoms with Crippen molar-refractivity contribution in [2.24, 2.45) is 0 Å². The quantitative estimate of drug-likeness (QED) is 0.160. The molecule has 0 saturated carbocycles. The Morgan fingerprint density at radius 2 is 0.857 bits per heavy atom. The predicted molar refractivity (Wildman–Crippen MR) is 237 cm³/mol. The third-order valence-corrected chi connectivity index (χ3v) is 11.3. The summed E-state index contributed by atoms with van der Waals surface area (Å²) in [6.45, 7) is 0. The average molecular weight is 714 g/mol. The van der Waals surface area contributed by atoms with Crippen LogP contribution in [0.5, 0.6) is 0 Å². The van der Waals surface area contributed by atoms with Gasteiger partial charge in [-0.05, 0) is 109 Å². The lowest BCUT2D eigenvalue weighted by atomic mass is 9.93. The van der Waals surface area contributed by atoms with Crippen molar-refractivity contribution >= 4 is 71.3 Å². The van der Waals surface area contributed by atoms with Crippen molar-refractivity contribution in [2.45, 2.75) is 0 Å². The van der Waals surface area contributed by atoms with Crippen molar-refractivity contribution in [2.75, 3.05) is 4.90 Å². The number of benzene rings is 10. The van der Waals surface area contributed by atoms with Gasteiger partial charge in [-0.1, -0.05) is 164 Å². The third kappa shape index (κ3) is 5.26. The van der Waals surface area contributed by atoms with E-state index >= 15 is 0 Å². The molecule has 2 heteroatoms. The van der Waals surface area contributed by atoms with Crippen molar-refractivity contribution in [1.29, 1.82) is 0 Å². The zero-order valence-electron chi connectivity index (χ0n) is 30.6. The van der Waals surface area contributed by atoms with Crippen LogP contribution in [0.1, 0.15) is 0 Å². The van der Waals surface area contributed by atoms with E-state index in [2.05, 4.69) is 205 Å². The molecule has 11 aromatic rings. The van der Waals surface area contributed by atoms with Gasteiger partial charge in [-0.3, -0.25) is 0 Å². The Balaban J connectivity index is 1.04. The maximum atomic E-state index is 6.24. The van der Waals surface area contributed by atoms with E-state index in [1.165, 1.54) is 71.1 Å². The summed E-state index contributed by atoms with van der Waals surface area (Å²) in [6.07, 6.45) is 0. The summed E-state index contributed by atoms with van der Waals surface area (Å²) in [5, 5.41) is 9.79. The van der Waals surface area contributed by atoms with Crippen LogP contribution in [0.25, 0.3) is 87.6 Å². The monoisotopic (exact) mass is 713 g/mol. The minimum absolute atomic E-state index is 0.916. The number of hydrogen-bond donors (Lipinski definition) is 0. The summed E-state index contributed by atoms with van der Waals surface area (Å²) in [5.41, 5.74) is 12.3. The molecule has 0 unspecified atom stereocenters. The molecular weight excluding hydrogens is 679 g/mol. The van der Waals surface area contributed by atoms with Crippen molar-refractivity contribution in [3.8, 4) is 33.4 Å². The molecule has 0 radical (unpaired) electrons. The van der Waals surface area contributed by atoms with E-state index < -0.39 is 0 Å². The fraction of sp³-hybridized carbons (Fsp3) is 0. The molecule has 0 atom stereocenters. The van der Waals surface area contributed by atoms with Crippen LogP contribution in [0.15, 0.2) is 217 Å².